The monoisotopic (exact) mass is 384 g/mol. The molecule has 1 aliphatic rings. The Balaban J connectivity index is 1.50. The van der Waals surface area contributed by atoms with Gasteiger partial charge in [0.25, 0.3) is 0 Å². The quantitative estimate of drug-likeness (QED) is 0.782. The van der Waals surface area contributed by atoms with Gasteiger partial charge in [-0.3, -0.25) is 9.69 Å². The van der Waals surface area contributed by atoms with Crippen LogP contribution in [0.25, 0.3) is 0 Å². The van der Waals surface area contributed by atoms with Gasteiger partial charge in [0.15, 0.2) is 0 Å². The number of nitrogens with one attached hydrogen (secondary N) is 1. The van der Waals surface area contributed by atoms with Crippen molar-refractivity contribution < 1.29 is 4.79 Å². The molecule has 144 valence electrons. The molecule has 0 bridgehead atoms. The average Bonchev–Trinajstić information content (AvgIpc) is 2.64. The third-order valence-electron chi connectivity index (χ3n) is 5.64. The summed E-state index contributed by atoms with van der Waals surface area (Å²) in [5, 5.41) is 3.99. The maximum absolute atomic E-state index is 12.7. The molecule has 1 heterocycles. The van der Waals surface area contributed by atoms with Crippen molar-refractivity contribution in [2.24, 2.45) is 5.92 Å². The van der Waals surface area contributed by atoms with Crippen molar-refractivity contribution >= 4 is 17.5 Å². The minimum absolute atomic E-state index is 0.0429. The fourth-order valence-corrected chi connectivity index (χ4v) is 3.91. The highest BCUT2D eigenvalue weighted by Gasteiger charge is 2.26. The van der Waals surface area contributed by atoms with Gasteiger partial charge in [0.1, 0.15) is 0 Å². The fourth-order valence-electron chi connectivity index (χ4n) is 3.70. The van der Waals surface area contributed by atoms with Gasteiger partial charge >= 0.3 is 0 Å². The van der Waals surface area contributed by atoms with E-state index in [0.717, 1.165) is 37.5 Å². The second-order valence-corrected chi connectivity index (χ2v) is 8.19. The van der Waals surface area contributed by atoms with Crippen LogP contribution in [0.5, 0.6) is 0 Å². The van der Waals surface area contributed by atoms with Gasteiger partial charge in [-0.15, -0.1) is 0 Å². The first-order valence-electron chi connectivity index (χ1n) is 9.76. The van der Waals surface area contributed by atoms with E-state index in [-0.39, 0.29) is 17.9 Å². The normalized spacial score (nSPS) is 16.9. The van der Waals surface area contributed by atoms with Gasteiger partial charge in [-0.25, -0.2) is 0 Å². The highest BCUT2D eigenvalue weighted by Crippen LogP contribution is 2.22. The number of rotatable bonds is 5. The Labute approximate surface area is 167 Å². The van der Waals surface area contributed by atoms with Gasteiger partial charge in [-0.2, -0.15) is 0 Å². The van der Waals surface area contributed by atoms with E-state index in [1.807, 2.05) is 18.2 Å². The molecule has 1 fully saturated rings. The minimum atomic E-state index is 0.0429. The molecule has 0 radical (unpaired) electrons. The Morgan fingerprint density at radius 1 is 1.15 bits per heavy atom. The lowest BCUT2D eigenvalue weighted by Gasteiger charge is -2.32. The van der Waals surface area contributed by atoms with Crippen LogP contribution in [0.1, 0.15) is 48.1 Å². The molecule has 0 spiro atoms. The van der Waals surface area contributed by atoms with Gasteiger partial charge in [-0.05, 0) is 81.1 Å². The summed E-state index contributed by atoms with van der Waals surface area (Å²) in [6.45, 7) is 9.08. The summed E-state index contributed by atoms with van der Waals surface area (Å²) in [5.74, 6) is 0.290. The summed E-state index contributed by atoms with van der Waals surface area (Å²) < 4.78 is 0. The molecule has 1 saturated heterocycles. The molecule has 0 aromatic heterocycles. The molecular formula is C23H29ClN2O. The summed E-state index contributed by atoms with van der Waals surface area (Å²) in [5.41, 5.74) is 4.95. The number of hydrogen-bond donors (Lipinski definition) is 1. The molecule has 1 amide bonds. The van der Waals surface area contributed by atoms with E-state index in [4.69, 9.17) is 11.6 Å². The molecule has 27 heavy (non-hydrogen) atoms. The van der Waals surface area contributed by atoms with E-state index in [1.54, 1.807) is 0 Å². The second-order valence-electron chi connectivity index (χ2n) is 7.75. The van der Waals surface area contributed by atoms with Gasteiger partial charge < -0.3 is 5.32 Å². The molecule has 1 atom stereocenters. The summed E-state index contributed by atoms with van der Waals surface area (Å²) in [4.78, 5) is 15.1. The maximum atomic E-state index is 12.7. The Bertz CT molecular complexity index is 797. The molecule has 1 aliphatic heterocycles. The number of benzene rings is 2. The second kappa shape index (κ2) is 8.90. The number of nitrogens with zero attached hydrogens (tertiary/aromatic N) is 1. The fraction of sp³-hybridized carbons (Fsp3) is 0.435. The van der Waals surface area contributed by atoms with Crippen molar-refractivity contribution in [3.05, 3.63) is 69.7 Å². The third-order valence-corrected chi connectivity index (χ3v) is 5.88. The van der Waals surface area contributed by atoms with Crippen LogP contribution >= 0.6 is 11.6 Å². The first kappa shape index (κ1) is 19.9. The molecule has 0 saturated carbocycles. The van der Waals surface area contributed by atoms with E-state index < -0.39 is 0 Å². The SMILES string of the molecule is Cc1ccc([C@@H](C)NC(=O)C2CCN(Cc3cccc(Cl)c3)CC2)cc1C. The number of likely N-dealkylation sites (tertiary alicyclic amines) is 1. The van der Waals surface area contributed by atoms with E-state index in [2.05, 4.69) is 55.3 Å². The number of amides is 1. The maximum Gasteiger partial charge on any atom is 0.223 e. The summed E-state index contributed by atoms with van der Waals surface area (Å²) in [6, 6.07) is 14.5. The van der Waals surface area contributed by atoms with E-state index in [0.29, 0.717) is 0 Å². The summed E-state index contributed by atoms with van der Waals surface area (Å²) in [6.07, 6.45) is 1.82. The number of carbonyl (C=O) groups is 1. The molecule has 2 aromatic rings. The molecule has 1 N–H and O–H groups in total. The van der Waals surface area contributed by atoms with E-state index >= 15 is 0 Å². The molecule has 2 aromatic carbocycles. The molecular weight excluding hydrogens is 356 g/mol. The highest BCUT2D eigenvalue weighted by molar-refractivity contribution is 6.30. The Morgan fingerprint density at radius 2 is 1.89 bits per heavy atom. The minimum Gasteiger partial charge on any atom is -0.349 e. The third kappa shape index (κ3) is 5.33. The van der Waals surface area contributed by atoms with Crippen LogP contribution in [0.15, 0.2) is 42.5 Å². The summed E-state index contributed by atoms with van der Waals surface area (Å²) in [7, 11) is 0. The Morgan fingerprint density at radius 3 is 2.56 bits per heavy atom. The smallest absolute Gasteiger partial charge is 0.223 e. The van der Waals surface area contributed by atoms with Crippen LogP contribution in [0.4, 0.5) is 0 Å². The predicted molar refractivity (Wildman–Crippen MR) is 112 cm³/mol. The first-order chi connectivity index (χ1) is 12.9. The zero-order valence-corrected chi connectivity index (χ0v) is 17.2. The molecule has 0 unspecified atom stereocenters. The van der Waals surface area contributed by atoms with Gasteiger partial charge in [-0.1, -0.05) is 41.9 Å². The average molecular weight is 385 g/mol. The Hall–Kier alpha value is -1.84. The molecule has 3 rings (SSSR count). The zero-order chi connectivity index (χ0) is 19.4. The van der Waals surface area contributed by atoms with E-state index in [9.17, 15) is 4.79 Å². The lowest BCUT2D eigenvalue weighted by molar-refractivity contribution is -0.127. The number of halogens is 1. The van der Waals surface area contributed by atoms with Crippen molar-refractivity contribution in [2.75, 3.05) is 13.1 Å². The number of aryl methyl sites for hydroxylation is 2. The van der Waals surface area contributed by atoms with Gasteiger partial charge in [0, 0.05) is 17.5 Å². The van der Waals surface area contributed by atoms with Crippen molar-refractivity contribution in [1.29, 1.82) is 0 Å². The van der Waals surface area contributed by atoms with Crippen molar-refractivity contribution in [3.8, 4) is 0 Å². The van der Waals surface area contributed by atoms with Crippen LogP contribution in [-0.2, 0) is 11.3 Å². The predicted octanol–water partition coefficient (Wildman–Crippen LogP) is 5.05. The van der Waals surface area contributed by atoms with Crippen molar-refractivity contribution in [3.63, 3.8) is 0 Å². The number of carbonyl (C=O) groups excluding carboxylic acids is 1. The van der Waals surface area contributed by atoms with Crippen LogP contribution in [0.2, 0.25) is 5.02 Å². The van der Waals surface area contributed by atoms with Gasteiger partial charge in [0.2, 0.25) is 5.91 Å². The molecule has 0 aliphatic carbocycles. The number of hydrogen-bond acceptors (Lipinski definition) is 2. The molecule has 3 nitrogen and oxygen atoms in total. The van der Waals surface area contributed by atoms with Gasteiger partial charge in [0.05, 0.1) is 6.04 Å². The summed E-state index contributed by atoms with van der Waals surface area (Å²) >= 11 is 6.07. The Kier molecular flexibility index (Phi) is 6.56. The van der Waals surface area contributed by atoms with Crippen molar-refractivity contribution in [2.45, 2.75) is 46.2 Å². The highest BCUT2D eigenvalue weighted by atomic mass is 35.5. The largest absolute Gasteiger partial charge is 0.349 e. The standard InChI is InChI=1S/C23H29ClN2O/c1-16-7-8-21(13-17(16)2)18(3)25-23(27)20-9-11-26(12-10-20)15-19-5-4-6-22(24)14-19/h4-8,13-14,18,20H,9-12,15H2,1-3H3,(H,25,27)/t18-/m1/s1. The van der Waals surface area contributed by atoms with Crippen LogP contribution in [0.3, 0.4) is 0 Å². The zero-order valence-electron chi connectivity index (χ0n) is 16.5. The molecule has 4 heteroatoms. The van der Waals surface area contributed by atoms with E-state index in [1.165, 1.54) is 22.3 Å². The lowest BCUT2D eigenvalue weighted by atomic mass is 9.94. The van der Waals surface area contributed by atoms with Crippen LogP contribution in [0, 0.1) is 19.8 Å². The number of piperidine rings is 1. The lowest BCUT2D eigenvalue weighted by Crippen LogP contribution is -2.40. The first-order valence-corrected chi connectivity index (χ1v) is 10.1. The van der Waals surface area contributed by atoms with Crippen LogP contribution < -0.4 is 5.32 Å². The van der Waals surface area contributed by atoms with Crippen LogP contribution in [-0.4, -0.2) is 23.9 Å². The topological polar surface area (TPSA) is 32.3 Å². The van der Waals surface area contributed by atoms with Crippen molar-refractivity contribution in [1.82, 2.24) is 10.2 Å².